The Morgan fingerprint density at radius 2 is 1.95 bits per heavy atom. The molecular weight excluding hydrogens is 326 g/mol. The molecule has 0 aliphatic rings. The van der Waals surface area contributed by atoms with Gasteiger partial charge in [-0.1, -0.05) is 0 Å². The number of aromatic nitrogens is 1. The highest BCUT2D eigenvalue weighted by atomic mass is 79.9. The Morgan fingerprint density at radius 3 is 2.55 bits per heavy atom. The molecule has 0 unspecified atom stereocenters. The topological polar surface area (TPSA) is 100 Å². The molecule has 1 amide bonds. The molecule has 0 radical (unpaired) electrons. The number of ether oxygens (including phenoxy) is 2. The van der Waals surface area contributed by atoms with Crippen molar-refractivity contribution in [1.29, 1.82) is 0 Å². The number of methoxy groups -OCH3 is 1. The van der Waals surface area contributed by atoms with Gasteiger partial charge >= 0.3 is 0 Å². The van der Waals surface area contributed by atoms with Crippen LogP contribution in [0.4, 0.5) is 5.69 Å². The molecule has 0 spiro atoms. The highest BCUT2D eigenvalue weighted by Crippen LogP contribution is 2.35. The van der Waals surface area contributed by atoms with Crippen LogP contribution in [-0.4, -0.2) is 18.0 Å². The molecule has 0 saturated carbocycles. The Morgan fingerprint density at radius 1 is 1.25 bits per heavy atom. The van der Waals surface area contributed by atoms with Gasteiger partial charge in [0.2, 0.25) is 5.91 Å². The first-order valence-electron chi connectivity index (χ1n) is 5.57. The average Bonchev–Trinajstić information content (AvgIpc) is 2.42. The van der Waals surface area contributed by atoms with E-state index in [1.165, 1.54) is 25.4 Å². The first-order chi connectivity index (χ1) is 9.51. The molecule has 6 nitrogen and oxygen atoms in total. The molecule has 0 bridgehead atoms. The summed E-state index contributed by atoms with van der Waals surface area (Å²) in [5.41, 5.74) is 11.7. The van der Waals surface area contributed by atoms with E-state index in [1.54, 1.807) is 12.3 Å². The Hall–Kier alpha value is -2.28. The lowest BCUT2D eigenvalue weighted by Gasteiger charge is -2.12. The highest BCUT2D eigenvalue weighted by Gasteiger charge is 2.11. The minimum atomic E-state index is -0.574. The van der Waals surface area contributed by atoms with Gasteiger partial charge in [0.25, 0.3) is 0 Å². The van der Waals surface area contributed by atoms with Crippen LogP contribution in [0.3, 0.4) is 0 Å². The lowest BCUT2D eigenvalue weighted by Crippen LogP contribution is -2.11. The van der Waals surface area contributed by atoms with Crippen LogP contribution in [0.2, 0.25) is 0 Å². The summed E-state index contributed by atoms with van der Waals surface area (Å²) in [5, 5.41) is 0. The molecule has 1 aromatic heterocycles. The summed E-state index contributed by atoms with van der Waals surface area (Å²) >= 11 is 3.30. The van der Waals surface area contributed by atoms with E-state index in [1.807, 2.05) is 0 Å². The van der Waals surface area contributed by atoms with Crippen molar-refractivity contribution in [2.75, 3.05) is 12.8 Å². The van der Waals surface area contributed by atoms with E-state index in [2.05, 4.69) is 20.9 Å². The molecule has 4 N–H and O–H groups in total. The molecule has 1 heterocycles. The molecule has 0 saturated heterocycles. The number of nitrogens with two attached hydrogens (primary N) is 2. The number of halogens is 1. The Bertz CT molecular complexity index is 641. The van der Waals surface area contributed by atoms with Gasteiger partial charge in [-0.25, -0.2) is 0 Å². The van der Waals surface area contributed by atoms with Crippen LogP contribution in [-0.2, 0) is 0 Å². The van der Waals surface area contributed by atoms with Gasteiger partial charge in [0.05, 0.1) is 23.5 Å². The second kappa shape index (κ2) is 5.79. The van der Waals surface area contributed by atoms with Crippen LogP contribution in [0.1, 0.15) is 10.4 Å². The first kappa shape index (κ1) is 14.1. The maximum atomic E-state index is 11.3. The molecule has 0 atom stereocenters. The lowest BCUT2D eigenvalue weighted by atomic mass is 10.2. The van der Waals surface area contributed by atoms with E-state index in [0.717, 1.165) is 0 Å². The van der Waals surface area contributed by atoms with E-state index in [9.17, 15) is 4.79 Å². The zero-order chi connectivity index (χ0) is 14.7. The van der Waals surface area contributed by atoms with E-state index in [4.69, 9.17) is 20.9 Å². The smallest absolute Gasteiger partial charge is 0.248 e. The average molecular weight is 338 g/mol. The van der Waals surface area contributed by atoms with Crippen molar-refractivity contribution in [1.82, 2.24) is 4.98 Å². The molecule has 7 heteroatoms. The fraction of sp³-hybridized carbons (Fsp3) is 0.0769. The largest absolute Gasteiger partial charge is 0.497 e. The Balaban J connectivity index is 2.43. The summed E-state index contributed by atoms with van der Waals surface area (Å²) in [5.74, 6) is 0.677. The van der Waals surface area contributed by atoms with Crippen LogP contribution in [0, 0.1) is 0 Å². The number of benzene rings is 1. The zero-order valence-electron chi connectivity index (χ0n) is 10.6. The number of anilines is 1. The fourth-order valence-electron chi connectivity index (χ4n) is 1.55. The zero-order valence-corrected chi connectivity index (χ0v) is 12.2. The third-order valence-electron chi connectivity index (χ3n) is 2.50. The summed E-state index contributed by atoms with van der Waals surface area (Å²) in [6.07, 6.45) is 3.02. The van der Waals surface area contributed by atoms with Gasteiger partial charge in [-0.15, -0.1) is 0 Å². The van der Waals surface area contributed by atoms with Gasteiger partial charge in [0.15, 0.2) is 5.75 Å². The third kappa shape index (κ3) is 3.00. The van der Waals surface area contributed by atoms with Gasteiger partial charge in [0.1, 0.15) is 11.5 Å². The maximum Gasteiger partial charge on any atom is 0.248 e. The summed E-state index contributed by atoms with van der Waals surface area (Å²) in [4.78, 5) is 15.2. The minimum Gasteiger partial charge on any atom is -0.497 e. The predicted octanol–water partition coefficient (Wildman–Crippen LogP) is 2.33. The number of amides is 1. The van der Waals surface area contributed by atoms with Crippen molar-refractivity contribution in [3.05, 3.63) is 40.6 Å². The monoisotopic (exact) mass is 337 g/mol. The van der Waals surface area contributed by atoms with Crippen molar-refractivity contribution in [2.24, 2.45) is 5.73 Å². The first-order valence-corrected chi connectivity index (χ1v) is 6.36. The number of nitrogen functional groups attached to an aromatic ring is 1. The quantitative estimate of drug-likeness (QED) is 0.891. The Labute approximate surface area is 123 Å². The number of carbonyl (C=O) groups is 1. The molecule has 2 rings (SSSR count). The third-order valence-corrected chi connectivity index (χ3v) is 3.07. The van der Waals surface area contributed by atoms with Gasteiger partial charge in [-0.2, -0.15) is 0 Å². The van der Waals surface area contributed by atoms with Crippen molar-refractivity contribution in [3.63, 3.8) is 0 Å². The maximum absolute atomic E-state index is 11.3. The van der Waals surface area contributed by atoms with Gasteiger partial charge in [0, 0.05) is 17.8 Å². The van der Waals surface area contributed by atoms with Crippen molar-refractivity contribution in [2.45, 2.75) is 0 Å². The normalized spacial score (nSPS) is 10.1. The summed E-state index contributed by atoms with van der Waals surface area (Å²) in [6.45, 7) is 0. The molecule has 0 fully saturated rings. The van der Waals surface area contributed by atoms with Crippen molar-refractivity contribution in [3.8, 4) is 17.2 Å². The van der Waals surface area contributed by atoms with Crippen LogP contribution < -0.4 is 20.9 Å². The van der Waals surface area contributed by atoms with Crippen LogP contribution in [0.15, 0.2) is 35.1 Å². The molecule has 2 aromatic rings. The summed E-state index contributed by atoms with van der Waals surface area (Å²) < 4.78 is 11.4. The van der Waals surface area contributed by atoms with Gasteiger partial charge in [-0.3, -0.25) is 9.78 Å². The number of primary amides is 1. The molecule has 1 aromatic carbocycles. The molecule has 104 valence electrons. The number of pyridine rings is 1. The Kier molecular flexibility index (Phi) is 4.09. The predicted molar refractivity (Wildman–Crippen MR) is 77.9 cm³/mol. The van der Waals surface area contributed by atoms with Crippen molar-refractivity contribution < 1.29 is 14.3 Å². The number of rotatable bonds is 4. The number of carbonyl (C=O) groups excluding carboxylic acids is 1. The van der Waals surface area contributed by atoms with Crippen LogP contribution in [0.25, 0.3) is 0 Å². The van der Waals surface area contributed by atoms with Crippen LogP contribution >= 0.6 is 15.9 Å². The van der Waals surface area contributed by atoms with E-state index < -0.39 is 5.91 Å². The standard InChI is InChI=1S/C13H12BrN3O3/c1-19-8-2-7(13(16)18)3-9(4-8)20-12-10(14)5-17-6-11(12)15/h2-6H,15H2,1H3,(H2,16,18). The van der Waals surface area contributed by atoms with Gasteiger partial charge in [-0.05, 0) is 28.1 Å². The van der Waals surface area contributed by atoms with Crippen LogP contribution in [0.5, 0.6) is 17.2 Å². The lowest BCUT2D eigenvalue weighted by molar-refractivity contribution is 0.0999. The van der Waals surface area contributed by atoms with E-state index >= 15 is 0 Å². The molecule has 0 aliphatic heterocycles. The summed E-state index contributed by atoms with van der Waals surface area (Å²) in [7, 11) is 1.49. The van der Waals surface area contributed by atoms with E-state index in [-0.39, 0.29) is 5.56 Å². The second-order valence-corrected chi connectivity index (χ2v) is 4.76. The number of nitrogens with zero attached hydrogens (tertiary/aromatic N) is 1. The molecular formula is C13H12BrN3O3. The van der Waals surface area contributed by atoms with Gasteiger partial charge < -0.3 is 20.9 Å². The highest BCUT2D eigenvalue weighted by molar-refractivity contribution is 9.10. The van der Waals surface area contributed by atoms with Crippen molar-refractivity contribution >= 4 is 27.5 Å². The van der Waals surface area contributed by atoms with E-state index in [0.29, 0.717) is 27.4 Å². The molecule has 0 aliphatic carbocycles. The number of hydrogen-bond donors (Lipinski definition) is 2. The SMILES string of the molecule is COc1cc(Oc2c(N)cncc2Br)cc(C(N)=O)c1. The molecule has 20 heavy (non-hydrogen) atoms. The fourth-order valence-corrected chi connectivity index (χ4v) is 1.98. The number of hydrogen-bond acceptors (Lipinski definition) is 5. The second-order valence-electron chi connectivity index (χ2n) is 3.90. The summed E-state index contributed by atoms with van der Waals surface area (Å²) in [6, 6.07) is 4.66. The minimum absolute atomic E-state index is 0.281.